The summed E-state index contributed by atoms with van der Waals surface area (Å²) in [6.45, 7) is 4.36. The van der Waals surface area contributed by atoms with Gasteiger partial charge in [0.25, 0.3) is 5.91 Å². The number of hydrogen-bond acceptors (Lipinski definition) is 3. The Morgan fingerprint density at radius 2 is 2.28 bits per heavy atom. The molecule has 1 aromatic rings. The molecule has 0 aliphatic rings. The molecule has 0 unspecified atom stereocenters. The van der Waals surface area contributed by atoms with Gasteiger partial charge in [-0.15, -0.1) is 6.58 Å². The molecular formula is C14H20N2O2. The van der Waals surface area contributed by atoms with Crippen LogP contribution in [0.4, 0.5) is 5.69 Å². The second-order valence-electron chi connectivity index (χ2n) is 4.11. The van der Waals surface area contributed by atoms with Crippen LogP contribution in [-0.4, -0.2) is 31.5 Å². The second-order valence-corrected chi connectivity index (χ2v) is 4.11. The summed E-state index contributed by atoms with van der Waals surface area (Å²) in [5.41, 5.74) is 6.84. The highest BCUT2D eigenvalue weighted by atomic mass is 16.5. The first kappa shape index (κ1) is 14.1. The number of rotatable bonds is 6. The molecule has 2 N–H and O–H groups in total. The maximum Gasteiger partial charge on any atom is 0.253 e. The number of nitrogen functional groups attached to an aromatic ring is 1. The third-order valence-corrected chi connectivity index (χ3v) is 2.73. The normalized spacial score (nSPS) is 9.89. The molecule has 0 fully saturated rings. The van der Waals surface area contributed by atoms with Gasteiger partial charge < -0.3 is 15.4 Å². The summed E-state index contributed by atoms with van der Waals surface area (Å²) < 4.78 is 5.06. The van der Waals surface area contributed by atoms with Crippen molar-refractivity contribution in [3.05, 3.63) is 36.4 Å². The van der Waals surface area contributed by atoms with E-state index in [4.69, 9.17) is 10.5 Å². The predicted octanol–water partition coefficient (Wildman–Crippen LogP) is 2.32. The highest BCUT2D eigenvalue weighted by molar-refractivity contribution is 5.95. The number of nitrogens with zero attached hydrogens (tertiary/aromatic N) is 1. The van der Waals surface area contributed by atoms with Gasteiger partial charge in [-0.2, -0.15) is 0 Å². The molecule has 1 rings (SSSR count). The fraction of sp³-hybridized carbons (Fsp3) is 0.357. The molecular weight excluding hydrogens is 228 g/mol. The number of ether oxygens (including phenoxy) is 1. The number of methoxy groups -OCH3 is 1. The molecule has 1 aromatic carbocycles. The first-order valence-electron chi connectivity index (χ1n) is 5.90. The van der Waals surface area contributed by atoms with Crippen LogP contribution in [0.15, 0.2) is 30.9 Å². The number of hydrogen-bond donors (Lipinski definition) is 1. The Kier molecular flexibility index (Phi) is 5.24. The van der Waals surface area contributed by atoms with Gasteiger partial charge in [-0.05, 0) is 31.0 Å². The molecule has 18 heavy (non-hydrogen) atoms. The molecule has 0 atom stereocenters. The van der Waals surface area contributed by atoms with Crippen LogP contribution in [0.5, 0.6) is 5.75 Å². The lowest BCUT2D eigenvalue weighted by Gasteiger charge is -2.17. The fourth-order valence-corrected chi connectivity index (χ4v) is 1.66. The second kappa shape index (κ2) is 6.69. The van der Waals surface area contributed by atoms with Crippen LogP contribution < -0.4 is 10.5 Å². The molecule has 4 nitrogen and oxygen atoms in total. The lowest BCUT2D eigenvalue weighted by atomic mass is 10.1. The van der Waals surface area contributed by atoms with E-state index < -0.39 is 0 Å². The molecule has 0 heterocycles. The van der Waals surface area contributed by atoms with Crippen molar-refractivity contribution in [1.29, 1.82) is 0 Å². The third kappa shape index (κ3) is 3.52. The summed E-state index contributed by atoms with van der Waals surface area (Å²) in [5, 5.41) is 0. The van der Waals surface area contributed by atoms with E-state index in [0.29, 0.717) is 23.5 Å². The summed E-state index contributed by atoms with van der Waals surface area (Å²) in [7, 11) is 3.33. The lowest BCUT2D eigenvalue weighted by Crippen LogP contribution is -2.27. The van der Waals surface area contributed by atoms with E-state index in [1.807, 2.05) is 6.08 Å². The first-order chi connectivity index (χ1) is 8.60. The number of amides is 1. The van der Waals surface area contributed by atoms with Crippen LogP contribution in [0.2, 0.25) is 0 Å². The van der Waals surface area contributed by atoms with Gasteiger partial charge in [0, 0.05) is 19.2 Å². The smallest absolute Gasteiger partial charge is 0.253 e. The molecule has 98 valence electrons. The number of nitrogens with two attached hydrogens (primary N) is 1. The molecule has 1 amide bonds. The molecule has 0 radical (unpaired) electrons. The van der Waals surface area contributed by atoms with Crippen LogP contribution in [-0.2, 0) is 0 Å². The van der Waals surface area contributed by atoms with E-state index in [1.54, 1.807) is 37.3 Å². The van der Waals surface area contributed by atoms with E-state index in [9.17, 15) is 4.79 Å². The van der Waals surface area contributed by atoms with Crippen LogP contribution in [0.1, 0.15) is 23.2 Å². The first-order valence-corrected chi connectivity index (χ1v) is 5.90. The van der Waals surface area contributed by atoms with Crippen LogP contribution >= 0.6 is 0 Å². The fourth-order valence-electron chi connectivity index (χ4n) is 1.66. The zero-order valence-corrected chi connectivity index (χ0v) is 11.0. The van der Waals surface area contributed by atoms with E-state index in [1.165, 1.54) is 0 Å². The number of benzene rings is 1. The van der Waals surface area contributed by atoms with E-state index in [-0.39, 0.29) is 5.91 Å². The van der Waals surface area contributed by atoms with Crippen molar-refractivity contribution in [3.63, 3.8) is 0 Å². The number of unbranched alkanes of at least 4 members (excludes halogenated alkanes) is 1. The van der Waals surface area contributed by atoms with Crippen molar-refractivity contribution in [3.8, 4) is 5.75 Å². The minimum Gasteiger partial charge on any atom is -0.495 e. The van der Waals surface area contributed by atoms with E-state index >= 15 is 0 Å². The van der Waals surface area contributed by atoms with Gasteiger partial charge in [0.15, 0.2) is 0 Å². The Hall–Kier alpha value is -1.97. The van der Waals surface area contributed by atoms with Gasteiger partial charge in [0.2, 0.25) is 0 Å². The van der Waals surface area contributed by atoms with Crippen LogP contribution in [0.3, 0.4) is 0 Å². The standard InChI is InChI=1S/C14H20N2O2/c1-4-5-6-9-16(2)14(17)11-7-8-13(18-3)12(15)10-11/h4,7-8,10H,1,5-6,9,15H2,2-3H3. The largest absolute Gasteiger partial charge is 0.495 e. The number of carbonyl (C=O) groups excluding carboxylic acids is 1. The zero-order chi connectivity index (χ0) is 13.5. The summed E-state index contributed by atoms with van der Waals surface area (Å²) in [6.07, 6.45) is 3.67. The SMILES string of the molecule is C=CCCCN(C)C(=O)c1ccc(OC)c(N)c1. The van der Waals surface area contributed by atoms with Crippen molar-refractivity contribution in [2.24, 2.45) is 0 Å². The Morgan fingerprint density at radius 1 is 1.56 bits per heavy atom. The molecule has 0 saturated heterocycles. The van der Waals surface area contributed by atoms with Gasteiger partial charge in [-0.1, -0.05) is 6.08 Å². The Bertz CT molecular complexity index is 430. The summed E-state index contributed by atoms with van der Waals surface area (Å²) >= 11 is 0. The van der Waals surface area contributed by atoms with Crippen molar-refractivity contribution in [2.45, 2.75) is 12.8 Å². The lowest BCUT2D eigenvalue weighted by molar-refractivity contribution is 0.0794. The number of anilines is 1. The molecule has 0 bridgehead atoms. The minimum absolute atomic E-state index is 0.0339. The average molecular weight is 248 g/mol. The zero-order valence-electron chi connectivity index (χ0n) is 11.0. The van der Waals surface area contributed by atoms with Gasteiger partial charge in [0.1, 0.15) is 5.75 Å². The minimum atomic E-state index is -0.0339. The molecule has 0 aliphatic heterocycles. The quantitative estimate of drug-likeness (QED) is 0.477. The molecule has 0 saturated carbocycles. The van der Waals surface area contributed by atoms with Crippen LogP contribution in [0.25, 0.3) is 0 Å². The molecule has 4 heteroatoms. The molecule has 0 spiro atoms. The molecule has 0 aromatic heterocycles. The maximum absolute atomic E-state index is 12.1. The number of carbonyl (C=O) groups is 1. The Labute approximate surface area is 108 Å². The van der Waals surface area contributed by atoms with Crippen LogP contribution in [0, 0.1) is 0 Å². The highest BCUT2D eigenvalue weighted by Crippen LogP contribution is 2.22. The number of allylic oxidation sites excluding steroid dienone is 1. The van der Waals surface area contributed by atoms with Crippen molar-refractivity contribution >= 4 is 11.6 Å². The Morgan fingerprint density at radius 3 is 2.83 bits per heavy atom. The summed E-state index contributed by atoms with van der Waals surface area (Å²) in [5.74, 6) is 0.550. The monoisotopic (exact) mass is 248 g/mol. The topological polar surface area (TPSA) is 55.6 Å². The maximum atomic E-state index is 12.1. The van der Waals surface area contributed by atoms with E-state index in [0.717, 1.165) is 12.8 Å². The highest BCUT2D eigenvalue weighted by Gasteiger charge is 2.12. The summed E-state index contributed by atoms with van der Waals surface area (Å²) in [4.78, 5) is 13.8. The van der Waals surface area contributed by atoms with E-state index in [2.05, 4.69) is 6.58 Å². The third-order valence-electron chi connectivity index (χ3n) is 2.73. The van der Waals surface area contributed by atoms with Gasteiger partial charge in [0.05, 0.1) is 12.8 Å². The summed E-state index contributed by atoms with van der Waals surface area (Å²) in [6, 6.07) is 5.08. The molecule has 0 aliphatic carbocycles. The van der Waals surface area contributed by atoms with Gasteiger partial charge >= 0.3 is 0 Å². The van der Waals surface area contributed by atoms with Crippen molar-refractivity contribution < 1.29 is 9.53 Å². The van der Waals surface area contributed by atoms with Gasteiger partial charge in [-0.3, -0.25) is 4.79 Å². The van der Waals surface area contributed by atoms with Crippen molar-refractivity contribution in [2.75, 3.05) is 26.4 Å². The average Bonchev–Trinajstić information content (AvgIpc) is 2.38. The van der Waals surface area contributed by atoms with Crippen molar-refractivity contribution in [1.82, 2.24) is 4.90 Å². The Balaban J connectivity index is 2.71. The van der Waals surface area contributed by atoms with Gasteiger partial charge in [-0.25, -0.2) is 0 Å². The predicted molar refractivity (Wildman–Crippen MR) is 73.8 cm³/mol.